The highest BCUT2D eigenvalue weighted by atomic mass is 16.7. The van der Waals surface area contributed by atoms with Crippen molar-refractivity contribution in [2.24, 2.45) is 0 Å². The van der Waals surface area contributed by atoms with Gasteiger partial charge in [0.2, 0.25) is 0 Å². The number of H-pyrrole nitrogens is 1. The molecule has 1 saturated heterocycles. The maximum absolute atomic E-state index is 11.0. The summed E-state index contributed by atoms with van der Waals surface area (Å²) in [7, 11) is -0.432. The first-order chi connectivity index (χ1) is 9.34. The Labute approximate surface area is 117 Å². The SMILES string of the molecule is CC1(C)OB(c2ccc3n[nH]c(C=O)c3c2)OC1(C)C. The van der Waals surface area contributed by atoms with Crippen molar-refractivity contribution in [3.8, 4) is 0 Å². The van der Waals surface area contributed by atoms with E-state index in [2.05, 4.69) is 10.2 Å². The molecule has 0 bridgehead atoms. The average molecular weight is 272 g/mol. The fourth-order valence-corrected chi connectivity index (χ4v) is 2.26. The minimum absolute atomic E-state index is 0.378. The van der Waals surface area contributed by atoms with Gasteiger partial charge in [-0.15, -0.1) is 0 Å². The van der Waals surface area contributed by atoms with Crippen molar-refractivity contribution in [3.05, 3.63) is 23.9 Å². The third kappa shape index (κ3) is 1.87. The fourth-order valence-electron chi connectivity index (χ4n) is 2.26. The van der Waals surface area contributed by atoms with E-state index in [9.17, 15) is 4.79 Å². The van der Waals surface area contributed by atoms with Gasteiger partial charge >= 0.3 is 7.12 Å². The van der Waals surface area contributed by atoms with E-state index in [1.807, 2.05) is 45.9 Å². The second kappa shape index (κ2) is 4.17. The van der Waals surface area contributed by atoms with Crippen LogP contribution in [-0.2, 0) is 9.31 Å². The molecule has 3 rings (SSSR count). The Balaban J connectivity index is 2.01. The van der Waals surface area contributed by atoms with Crippen LogP contribution in [0, 0.1) is 0 Å². The first kappa shape index (κ1) is 13.3. The molecule has 5 nitrogen and oxygen atoms in total. The number of carbonyl (C=O) groups is 1. The third-order valence-corrected chi connectivity index (χ3v) is 4.25. The summed E-state index contributed by atoms with van der Waals surface area (Å²) in [5, 5.41) is 7.57. The summed E-state index contributed by atoms with van der Waals surface area (Å²) in [5.41, 5.74) is 1.36. The maximum atomic E-state index is 11.0. The van der Waals surface area contributed by atoms with Crippen LogP contribution in [0.1, 0.15) is 38.2 Å². The quantitative estimate of drug-likeness (QED) is 0.667. The Hall–Kier alpha value is -1.66. The number of rotatable bonds is 2. The van der Waals surface area contributed by atoms with Gasteiger partial charge in [-0.1, -0.05) is 12.1 Å². The molecule has 1 aliphatic rings. The van der Waals surface area contributed by atoms with Gasteiger partial charge in [0.15, 0.2) is 6.29 Å². The highest BCUT2D eigenvalue weighted by Crippen LogP contribution is 2.36. The largest absolute Gasteiger partial charge is 0.494 e. The van der Waals surface area contributed by atoms with Crippen LogP contribution in [0.5, 0.6) is 0 Å². The Morgan fingerprint density at radius 3 is 2.45 bits per heavy atom. The van der Waals surface area contributed by atoms with E-state index in [0.29, 0.717) is 5.69 Å². The fraction of sp³-hybridized carbons (Fsp3) is 0.429. The lowest BCUT2D eigenvalue weighted by atomic mass is 9.78. The summed E-state index contributed by atoms with van der Waals surface area (Å²) in [6.07, 6.45) is 0.767. The zero-order valence-electron chi connectivity index (χ0n) is 12.1. The van der Waals surface area contributed by atoms with Crippen molar-refractivity contribution >= 4 is 29.8 Å². The number of hydrogen-bond donors (Lipinski definition) is 1. The molecule has 20 heavy (non-hydrogen) atoms. The molecule has 0 saturated carbocycles. The molecular weight excluding hydrogens is 255 g/mol. The first-order valence-corrected chi connectivity index (χ1v) is 6.63. The van der Waals surface area contributed by atoms with Crippen LogP contribution in [-0.4, -0.2) is 34.8 Å². The number of aromatic amines is 1. The van der Waals surface area contributed by atoms with Gasteiger partial charge in [0.25, 0.3) is 0 Å². The summed E-state index contributed by atoms with van der Waals surface area (Å²) in [4.78, 5) is 11.0. The van der Waals surface area contributed by atoms with Crippen LogP contribution >= 0.6 is 0 Å². The molecule has 0 atom stereocenters. The molecule has 6 heteroatoms. The Morgan fingerprint density at radius 2 is 1.85 bits per heavy atom. The van der Waals surface area contributed by atoms with Gasteiger partial charge in [0.1, 0.15) is 5.69 Å². The average Bonchev–Trinajstić information content (AvgIpc) is 2.87. The van der Waals surface area contributed by atoms with Crippen molar-refractivity contribution in [1.29, 1.82) is 0 Å². The lowest BCUT2D eigenvalue weighted by Crippen LogP contribution is -2.41. The Bertz CT molecular complexity index is 662. The predicted molar refractivity (Wildman–Crippen MR) is 77.2 cm³/mol. The molecule has 0 unspecified atom stereocenters. The predicted octanol–water partition coefficient (Wildman–Crippen LogP) is 1.67. The molecule has 0 radical (unpaired) electrons. The van der Waals surface area contributed by atoms with Crippen molar-refractivity contribution < 1.29 is 14.1 Å². The number of nitrogens with zero attached hydrogens (tertiary/aromatic N) is 1. The number of hydrogen-bond acceptors (Lipinski definition) is 4. The topological polar surface area (TPSA) is 64.2 Å². The van der Waals surface area contributed by atoms with E-state index < -0.39 is 7.12 Å². The minimum atomic E-state index is -0.432. The van der Waals surface area contributed by atoms with E-state index in [4.69, 9.17) is 9.31 Å². The third-order valence-electron chi connectivity index (χ3n) is 4.25. The van der Waals surface area contributed by atoms with Crippen molar-refractivity contribution in [1.82, 2.24) is 10.2 Å². The summed E-state index contributed by atoms with van der Waals surface area (Å²) in [5.74, 6) is 0. The smallest absolute Gasteiger partial charge is 0.399 e. The molecule has 0 amide bonds. The molecule has 1 aromatic carbocycles. The van der Waals surface area contributed by atoms with Gasteiger partial charge < -0.3 is 9.31 Å². The number of fused-ring (bicyclic) bond motifs is 1. The highest BCUT2D eigenvalue weighted by molar-refractivity contribution is 6.62. The molecule has 1 N–H and O–H groups in total. The van der Waals surface area contributed by atoms with Crippen LogP contribution < -0.4 is 5.46 Å². The second-order valence-corrected chi connectivity index (χ2v) is 6.12. The van der Waals surface area contributed by atoms with Gasteiger partial charge in [-0.05, 0) is 39.2 Å². The van der Waals surface area contributed by atoms with Gasteiger partial charge in [-0.2, -0.15) is 5.10 Å². The lowest BCUT2D eigenvalue weighted by molar-refractivity contribution is 0.00578. The van der Waals surface area contributed by atoms with E-state index in [0.717, 1.165) is 22.7 Å². The monoisotopic (exact) mass is 272 g/mol. The van der Waals surface area contributed by atoms with E-state index in [-0.39, 0.29) is 11.2 Å². The number of nitrogens with one attached hydrogen (secondary N) is 1. The molecule has 1 aliphatic heterocycles. The molecule has 1 fully saturated rings. The van der Waals surface area contributed by atoms with Crippen molar-refractivity contribution in [2.75, 3.05) is 0 Å². The molecular formula is C14H17BN2O3. The molecule has 1 aromatic heterocycles. The zero-order chi connectivity index (χ0) is 14.5. The normalized spacial score (nSPS) is 20.5. The van der Waals surface area contributed by atoms with E-state index in [1.54, 1.807) is 0 Å². The van der Waals surface area contributed by atoms with Crippen LogP contribution in [0.25, 0.3) is 10.9 Å². The maximum Gasteiger partial charge on any atom is 0.494 e. The van der Waals surface area contributed by atoms with Crippen molar-refractivity contribution in [2.45, 2.75) is 38.9 Å². The zero-order valence-corrected chi connectivity index (χ0v) is 12.1. The standard InChI is InChI=1S/C14H17BN2O3/c1-13(2)14(3,4)20-15(19-13)9-5-6-11-10(7-9)12(8-18)17-16-11/h5-8H,1-4H3,(H,16,17). The lowest BCUT2D eigenvalue weighted by Gasteiger charge is -2.32. The number of benzene rings is 1. The summed E-state index contributed by atoms with van der Waals surface area (Å²) in [6, 6.07) is 5.67. The Kier molecular flexibility index (Phi) is 2.78. The van der Waals surface area contributed by atoms with Crippen LogP contribution in [0.3, 0.4) is 0 Å². The summed E-state index contributed by atoms with van der Waals surface area (Å²) >= 11 is 0. The van der Waals surface area contributed by atoms with E-state index >= 15 is 0 Å². The van der Waals surface area contributed by atoms with Crippen LogP contribution in [0.15, 0.2) is 18.2 Å². The summed E-state index contributed by atoms with van der Waals surface area (Å²) in [6.45, 7) is 8.06. The van der Waals surface area contributed by atoms with Crippen LogP contribution in [0.2, 0.25) is 0 Å². The van der Waals surface area contributed by atoms with Gasteiger partial charge in [0, 0.05) is 5.39 Å². The first-order valence-electron chi connectivity index (χ1n) is 6.63. The molecule has 2 aromatic rings. The molecule has 0 spiro atoms. The minimum Gasteiger partial charge on any atom is -0.399 e. The van der Waals surface area contributed by atoms with Crippen LogP contribution in [0.4, 0.5) is 0 Å². The molecule has 104 valence electrons. The highest BCUT2D eigenvalue weighted by Gasteiger charge is 2.51. The van der Waals surface area contributed by atoms with Gasteiger partial charge in [-0.3, -0.25) is 9.89 Å². The Morgan fingerprint density at radius 1 is 1.20 bits per heavy atom. The summed E-state index contributed by atoms with van der Waals surface area (Å²) < 4.78 is 12.0. The molecule has 0 aliphatic carbocycles. The van der Waals surface area contributed by atoms with E-state index in [1.165, 1.54) is 0 Å². The second-order valence-electron chi connectivity index (χ2n) is 6.12. The number of aldehydes is 1. The number of aromatic nitrogens is 2. The number of carbonyl (C=O) groups excluding carboxylic acids is 1. The van der Waals surface area contributed by atoms with Gasteiger partial charge in [-0.25, -0.2) is 0 Å². The van der Waals surface area contributed by atoms with Gasteiger partial charge in [0.05, 0.1) is 16.7 Å². The molecule has 2 heterocycles. The van der Waals surface area contributed by atoms with Crippen molar-refractivity contribution in [3.63, 3.8) is 0 Å².